The van der Waals surface area contributed by atoms with E-state index >= 15 is 0 Å². The highest BCUT2D eigenvalue weighted by molar-refractivity contribution is 7.90. The molecule has 0 radical (unpaired) electrons. The number of amides is 2. The van der Waals surface area contributed by atoms with Crippen molar-refractivity contribution in [1.82, 2.24) is 4.72 Å². The molecule has 1 aromatic rings. The minimum absolute atomic E-state index is 0.0430. The largest absolute Gasteiger partial charge is 0.326 e. The van der Waals surface area contributed by atoms with Crippen molar-refractivity contribution in [3.05, 3.63) is 36.9 Å². The second kappa shape index (κ2) is 6.85. The Morgan fingerprint density at radius 2 is 1.85 bits per heavy atom. The van der Waals surface area contributed by atoms with Crippen LogP contribution >= 0.6 is 0 Å². The van der Waals surface area contributed by atoms with Crippen LogP contribution in [0.3, 0.4) is 0 Å². The molecule has 0 aromatic heterocycles. The molecule has 20 heavy (non-hydrogen) atoms. The van der Waals surface area contributed by atoms with Crippen LogP contribution in [0.4, 0.5) is 5.69 Å². The number of benzene rings is 1. The molecule has 0 fully saturated rings. The summed E-state index contributed by atoms with van der Waals surface area (Å²) >= 11 is 0. The Bertz CT molecular complexity index is 606. The molecule has 0 aliphatic heterocycles. The third-order valence-corrected chi connectivity index (χ3v) is 3.70. The van der Waals surface area contributed by atoms with Gasteiger partial charge in [0.1, 0.15) is 0 Å². The summed E-state index contributed by atoms with van der Waals surface area (Å²) in [5.74, 6) is -0.839. The van der Waals surface area contributed by atoms with E-state index in [0.717, 1.165) is 0 Å². The average Bonchev–Trinajstić information content (AvgIpc) is 2.35. The third-order valence-electron chi connectivity index (χ3n) is 2.31. The molecule has 0 unspecified atom stereocenters. The predicted octanol–water partition coefficient (Wildman–Crippen LogP) is 1.42. The first-order valence-electron chi connectivity index (χ1n) is 5.89. The highest BCUT2D eigenvalue weighted by Crippen LogP contribution is 2.14. The predicted molar refractivity (Wildman–Crippen MR) is 75.5 cm³/mol. The van der Waals surface area contributed by atoms with Crippen molar-refractivity contribution >= 4 is 27.5 Å². The molecule has 0 saturated carbocycles. The molecular weight excluding hydrogens is 280 g/mol. The first-order chi connectivity index (χ1) is 9.35. The molecule has 108 valence electrons. The van der Waals surface area contributed by atoms with E-state index in [-0.39, 0.29) is 17.2 Å². The fraction of sp³-hybridized carbons (Fsp3) is 0.231. The molecule has 1 aromatic carbocycles. The number of rotatable bonds is 6. The topological polar surface area (TPSA) is 92.3 Å². The number of hydrogen-bond donors (Lipinski definition) is 2. The highest BCUT2D eigenvalue weighted by Gasteiger charge is 2.16. The van der Waals surface area contributed by atoms with Gasteiger partial charge in [0.25, 0.3) is 10.0 Å². The second-order valence-corrected chi connectivity index (χ2v) is 5.74. The van der Waals surface area contributed by atoms with Crippen molar-refractivity contribution < 1.29 is 18.0 Å². The van der Waals surface area contributed by atoms with Crippen molar-refractivity contribution in [1.29, 1.82) is 0 Å². The molecule has 0 heterocycles. The Morgan fingerprint density at radius 3 is 2.35 bits per heavy atom. The Kier molecular flexibility index (Phi) is 5.45. The van der Waals surface area contributed by atoms with Gasteiger partial charge < -0.3 is 5.32 Å². The van der Waals surface area contributed by atoms with Gasteiger partial charge in [0.15, 0.2) is 0 Å². The minimum Gasteiger partial charge on any atom is -0.326 e. The Labute approximate surface area is 117 Å². The quantitative estimate of drug-likeness (QED) is 0.776. The summed E-state index contributed by atoms with van der Waals surface area (Å²) in [7, 11) is -3.88. The number of sulfonamides is 1. The monoisotopic (exact) mass is 296 g/mol. The Hall–Kier alpha value is -2.15. The van der Waals surface area contributed by atoms with E-state index in [4.69, 9.17) is 0 Å². The summed E-state index contributed by atoms with van der Waals surface area (Å²) in [4.78, 5) is 22.2. The van der Waals surface area contributed by atoms with Crippen molar-refractivity contribution in [2.75, 3.05) is 5.32 Å². The van der Waals surface area contributed by atoms with Crippen LogP contribution in [0.1, 0.15) is 19.8 Å². The van der Waals surface area contributed by atoms with Gasteiger partial charge in [-0.1, -0.05) is 6.08 Å². The van der Waals surface area contributed by atoms with Gasteiger partial charge in [-0.15, -0.1) is 6.58 Å². The molecule has 6 nitrogen and oxygen atoms in total. The number of hydrogen-bond acceptors (Lipinski definition) is 4. The minimum atomic E-state index is -3.88. The molecule has 0 saturated heterocycles. The Morgan fingerprint density at radius 1 is 1.25 bits per heavy atom. The first-order valence-corrected chi connectivity index (χ1v) is 7.37. The van der Waals surface area contributed by atoms with Crippen molar-refractivity contribution in [2.24, 2.45) is 0 Å². The van der Waals surface area contributed by atoms with Crippen LogP contribution in [0.5, 0.6) is 0 Å². The summed E-state index contributed by atoms with van der Waals surface area (Å²) in [6, 6.07) is 5.52. The van der Waals surface area contributed by atoms with E-state index in [0.29, 0.717) is 12.1 Å². The fourth-order valence-electron chi connectivity index (χ4n) is 1.41. The number of allylic oxidation sites excluding steroid dienone is 1. The van der Waals surface area contributed by atoms with Gasteiger partial charge in [-0.25, -0.2) is 13.1 Å². The van der Waals surface area contributed by atoms with Gasteiger partial charge in [-0.2, -0.15) is 0 Å². The summed E-state index contributed by atoms with van der Waals surface area (Å²) < 4.78 is 25.8. The van der Waals surface area contributed by atoms with E-state index in [1.54, 1.807) is 0 Å². The van der Waals surface area contributed by atoms with Gasteiger partial charge in [-0.05, 0) is 30.7 Å². The van der Waals surface area contributed by atoms with Crippen molar-refractivity contribution in [3.8, 4) is 0 Å². The van der Waals surface area contributed by atoms with E-state index in [1.807, 2.05) is 4.72 Å². The van der Waals surface area contributed by atoms with Crippen LogP contribution in [0.25, 0.3) is 0 Å². The van der Waals surface area contributed by atoms with Crippen molar-refractivity contribution in [2.45, 2.75) is 24.7 Å². The van der Waals surface area contributed by atoms with Crippen LogP contribution in [0.15, 0.2) is 41.8 Å². The summed E-state index contributed by atoms with van der Waals surface area (Å²) in [5, 5.41) is 2.52. The third kappa shape index (κ3) is 4.85. The normalized spacial score (nSPS) is 10.7. The summed E-state index contributed by atoms with van der Waals surface area (Å²) in [5.41, 5.74) is 0.481. The maximum atomic E-state index is 11.9. The lowest BCUT2D eigenvalue weighted by atomic mass is 10.3. The molecule has 2 amide bonds. The standard InChI is InChI=1S/C13H16N2O4S/c1-3-4-5-13(17)15-20(18,19)12-8-6-11(7-9-12)14-10(2)16/h3,6-9H,1,4-5H2,2H3,(H,14,16)(H,15,17). The lowest BCUT2D eigenvalue weighted by molar-refractivity contribution is -0.119. The molecule has 0 spiro atoms. The molecule has 0 aliphatic carbocycles. The van der Waals surface area contributed by atoms with Gasteiger partial charge in [0, 0.05) is 19.0 Å². The average molecular weight is 296 g/mol. The molecule has 7 heteroatoms. The zero-order valence-corrected chi connectivity index (χ0v) is 11.9. The molecule has 0 bridgehead atoms. The summed E-state index contributed by atoms with van der Waals surface area (Å²) in [6.07, 6.45) is 2.00. The van der Waals surface area contributed by atoms with E-state index < -0.39 is 15.9 Å². The molecular formula is C13H16N2O4S. The SMILES string of the molecule is C=CCCC(=O)NS(=O)(=O)c1ccc(NC(C)=O)cc1. The highest BCUT2D eigenvalue weighted by atomic mass is 32.2. The summed E-state index contributed by atoms with van der Waals surface area (Å²) in [6.45, 7) is 4.81. The molecule has 2 N–H and O–H groups in total. The fourth-order valence-corrected chi connectivity index (χ4v) is 2.43. The van der Waals surface area contributed by atoms with Crippen LogP contribution < -0.4 is 10.0 Å². The van der Waals surface area contributed by atoms with Crippen LogP contribution in [0.2, 0.25) is 0 Å². The van der Waals surface area contributed by atoms with Crippen LogP contribution in [0, 0.1) is 0 Å². The van der Waals surface area contributed by atoms with Gasteiger partial charge in [0.2, 0.25) is 11.8 Å². The lowest BCUT2D eigenvalue weighted by Crippen LogP contribution is -2.30. The number of nitrogens with one attached hydrogen (secondary N) is 2. The smallest absolute Gasteiger partial charge is 0.264 e. The number of carbonyl (C=O) groups excluding carboxylic acids is 2. The van der Waals surface area contributed by atoms with E-state index in [2.05, 4.69) is 11.9 Å². The second-order valence-electron chi connectivity index (χ2n) is 4.06. The van der Waals surface area contributed by atoms with Crippen molar-refractivity contribution in [3.63, 3.8) is 0 Å². The number of anilines is 1. The van der Waals surface area contributed by atoms with Gasteiger partial charge >= 0.3 is 0 Å². The Balaban J connectivity index is 2.79. The van der Waals surface area contributed by atoms with Gasteiger partial charge in [0.05, 0.1) is 4.90 Å². The lowest BCUT2D eigenvalue weighted by Gasteiger charge is -2.07. The maximum absolute atomic E-state index is 11.9. The molecule has 1 rings (SSSR count). The van der Waals surface area contributed by atoms with E-state index in [1.165, 1.54) is 37.3 Å². The van der Waals surface area contributed by atoms with Crippen LogP contribution in [-0.2, 0) is 19.6 Å². The molecule has 0 aliphatic rings. The number of carbonyl (C=O) groups is 2. The first kappa shape index (κ1) is 15.9. The van der Waals surface area contributed by atoms with Gasteiger partial charge in [-0.3, -0.25) is 9.59 Å². The zero-order valence-electron chi connectivity index (χ0n) is 11.0. The van der Waals surface area contributed by atoms with E-state index in [9.17, 15) is 18.0 Å². The molecule has 0 atom stereocenters. The zero-order chi connectivity index (χ0) is 15.2. The maximum Gasteiger partial charge on any atom is 0.264 e. The van der Waals surface area contributed by atoms with Crippen LogP contribution in [-0.4, -0.2) is 20.2 Å².